The van der Waals surface area contributed by atoms with Gasteiger partial charge in [0, 0.05) is 10.7 Å². The molecule has 0 aliphatic heterocycles. The van der Waals surface area contributed by atoms with Crippen LogP contribution in [-0.4, -0.2) is 37.5 Å². The predicted octanol–water partition coefficient (Wildman–Crippen LogP) is 2.15. The van der Waals surface area contributed by atoms with Gasteiger partial charge in [-0.1, -0.05) is 31.9 Å². The Morgan fingerprint density at radius 3 is 1.71 bits per heavy atom. The Balaban J connectivity index is 3.11. The molecule has 0 rings (SSSR count). The first-order valence-electron chi connectivity index (χ1n) is 3.88. The summed E-state index contributed by atoms with van der Waals surface area (Å²) >= 11 is 6.34. The molecule has 5 nitrogen and oxygen atoms in total. The summed E-state index contributed by atoms with van der Waals surface area (Å²) in [5.74, 6) is 0. The lowest BCUT2D eigenvalue weighted by Crippen LogP contribution is -2.01. The van der Waals surface area contributed by atoms with Gasteiger partial charge in [-0.25, -0.2) is 0 Å². The standard InChI is InChI=1S/C6H13Br2O5P/c7-1-3-10-5-12-14(9)13-6-11-4-2-8/h14H,1-6H2. The van der Waals surface area contributed by atoms with Crippen LogP contribution in [0.25, 0.3) is 0 Å². The van der Waals surface area contributed by atoms with Gasteiger partial charge in [-0.2, -0.15) is 0 Å². The van der Waals surface area contributed by atoms with E-state index in [9.17, 15) is 4.57 Å². The molecule has 0 amide bonds. The second kappa shape index (κ2) is 12.1. The van der Waals surface area contributed by atoms with Crippen molar-refractivity contribution in [1.82, 2.24) is 0 Å². The largest absolute Gasteiger partial charge is 0.354 e. The maximum atomic E-state index is 10.9. The lowest BCUT2D eigenvalue weighted by atomic mass is 10.9. The van der Waals surface area contributed by atoms with Crippen molar-refractivity contribution in [2.45, 2.75) is 0 Å². The van der Waals surface area contributed by atoms with Crippen LogP contribution in [0.3, 0.4) is 0 Å². The Kier molecular flexibility index (Phi) is 13.0. The zero-order valence-corrected chi connectivity index (χ0v) is 11.7. The molecule has 86 valence electrons. The van der Waals surface area contributed by atoms with Crippen molar-refractivity contribution in [3.8, 4) is 0 Å². The summed E-state index contributed by atoms with van der Waals surface area (Å²) in [7, 11) is -2.48. The number of ether oxygens (including phenoxy) is 2. The molecule has 0 aromatic heterocycles. The molecule has 0 heterocycles. The van der Waals surface area contributed by atoms with Crippen molar-refractivity contribution in [2.24, 2.45) is 0 Å². The molecule has 0 N–H and O–H groups in total. The predicted molar refractivity (Wildman–Crippen MR) is 60.4 cm³/mol. The van der Waals surface area contributed by atoms with Crippen molar-refractivity contribution in [3.05, 3.63) is 0 Å². The average molecular weight is 356 g/mol. The highest BCUT2D eigenvalue weighted by Crippen LogP contribution is 2.22. The molecule has 0 saturated carbocycles. The van der Waals surface area contributed by atoms with Gasteiger partial charge in [0.1, 0.15) is 0 Å². The minimum Gasteiger partial charge on any atom is -0.354 e. The average Bonchev–Trinajstić information content (AvgIpc) is 2.19. The lowest BCUT2D eigenvalue weighted by molar-refractivity contribution is -0.0106. The quantitative estimate of drug-likeness (QED) is 0.260. The second-order valence-corrected chi connectivity index (χ2v) is 4.63. The summed E-state index contributed by atoms with van der Waals surface area (Å²) in [6.07, 6.45) is 0. The topological polar surface area (TPSA) is 54.0 Å². The highest BCUT2D eigenvalue weighted by molar-refractivity contribution is 9.09. The van der Waals surface area contributed by atoms with Crippen LogP contribution in [0.15, 0.2) is 0 Å². The van der Waals surface area contributed by atoms with E-state index in [0.29, 0.717) is 23.9 Å². The van der Waals surface area contributed by atoms with Crippen LogP contribution in [0, 0.1) is 0 Å². The van der Waals surface area contributed by atoms with E-state index in [2.05, 4.69) is 31.9 Å². The summed E-state index contributed by atoms with van der Waals surface area (Å²) in [5.41, 5.74) is 0. The van der Waals surface area contributed by atoms with Crippen molar-refractivity contribution >= 4 is 40.1 Å². The number of alkyl halides is 2. The molecular weight excluding hydrogens is 343 g/mol. The Hall–Kier alpha value is 1.03. The van der Waals surface area contributed by atoms with Crippen LogP contribution in [0.2, 0.25) is 0 Å². The minimum atomic E-state index is -2.48. The number of hydrogen-bond acceptors (Lipinski definition) is 5. The first kappa shape index (κ1) is 15.0. The molecule has 0 aromatic carbocycles. The SMILES string of the molecule is O=[PH](OCOCCBr)OCOCCBr. The summed E-state index contributed by atoms with van der Waals surface area (Å²) in [4.78, 5) is 0. The molecule has 0 radical (unpaired) electrons. The van der Waals surface area contributed by atoms with Crippen LogP contribution in [0.1, 0.15) is 0 Å². The van der Waals surface area contributed by atoms with E-state index in [0.717, 1.165) is 0 Å². The summed E-state index contributed by atoms with van der Waals surface area (Å²) < 4.78 is 30.2. The number of rotatable bonds is 10. The van der Waals surface area contributed by atoms with Crippen LogP contribution in [0.5, 0.6) is 0 Å². The van der Waals surface area contributed by atoms with E-state index in [1.165, 1.54) is 0 Å². The van der Waals surface area contributed by atoms with Crippen LogP contribution in [-0.2, 0) is 23.1 Å². The van der Waals surface area contributed by atoms with E-state index in [-0.39, 0.29) is 13.6 Å². The van der Waals surface area contributed by atoms with Crippen LogP contribution < -0.4 is 0 Å². The van der Waals surface area contributed by atoms with Gasteiger partial charge >= 0.3 is 8.25 Å². The zero-order valence-electron chi connectivity index (χ0n) is 7.54. The molecule has 0 unspecified atom stereocenters. The second-order valence-electron chi connectivity index (χ2n) is 1.97. The zero-order chi connectivity index (χ0) is 10.6. The number of hydrogen-bond donors (Lipinski definition) is 0. The van der Waals surface area contributed by atoms with E-state index in [1.807, 2.05) is 0 Å². The lowest BCUT2D eigenvalue weighted by Gasteiger charge is -2.05. The van der Waals surface area contributed by atoms with E-state index < -0.39 is 8.25 Å². The molecule has 0 bridgehead atoms. The van der Waals surface area contributed by atoms with E-state index in [1.54, 1.807) is 0 Å². The monoisotopic (exact) mass is 354 g/mol. The van der Waals surface area contributed by atoms with Crippen molar-refractivity contribution in [2.75, 3.05) is 37.5 Å². The van der Waals surface area contributed by atoms with Crippen LogP contribution >= 0.6 is 40.1 Å². The summed E-state index contributed by atoms with van der Waals surface area (Å²) in [6.45, 7) is 0.966. The van der Waals surface area contributed by atoms with Crippen LogP contribution in [0.4, 0.5) is 0 Å². The molecule has 0 aliphatic rings. The molecule has 0 atom stereocenters. The van der Waals surface area contributed by atoms with Crippen molar-refractivity contribution < 1.29 is 23.1 Å². The molecule has 0 fully saturated rings. The fraction of sp³-hybridized carbons (Fsp3) is 1.00. The highest BCUT2D eigenvalue weighted by Gasteiger charge is 1.98. The third-order valence-corrected chi connectivity index (χ3v) is 2.32. The van der Waals surface area contributed by atoms with Gasteiger partial charge in [-0.3, -0.25) is 13.6 Å². The maximum Gasteiger partial charge on any atom is 0.323 e. The Morgan fingerprint density at radius 1 is 0.929 bits per heavy atom. The summed E-state index contributed by atoms with van der Waals surface area (Å²) in [6, 6.07) is 0. The van der Waals surface area contributed by atoms with Gasteiger partial charge in [0.25, 0.3) is 0 Å². The first-order valence-corrected chi connectivity index (χ1v) is 7.35. The van der Waals surface area contributed by atoms with E-state index >= 15 is 0 Å². The molecule has 8 heteroatoms. The molecular formula is C6H13Br2O5P. The summed E-state index contributed by atoms with van der Waals surface area (Å²) in [5, 5.41) is 1.43. The smallest absolute Gasteiger partial charge is 0.323 e. The fourth-order valence-electron chi connectivity index (χ4n) is 0.448. The molecule has 0 saturated heterocycles. The molecule has 0 aliphatic carbocycles. The Bertz CT molecular complexity index is 134. The maximum absolute atomic E-state index is 10.9. The fourth-order valence-corrected chi connectivity index (χ4v) is 1.35. The third-order valence-electron chi connectivity index (χ3n) is 0.963. The van der Waals surface area contributed by atoms with Gasteiger partial charge in [0.05, 0.1) is 13.2 Å². The van der Waals surface area contributed by atoms with Gasteiger partial charge in [0.2, 0.25) is 0 Å². The van der Waals surface area contributed by atoms with Gasteiger partial charge in [-0.05, 0) is 0 Å². The number of halogens is 2. The van der Waals surface area contributed by atoms with Crippen molar-refractivity contribution in [1.29, 1.82) is 0 Å². The van der Waals surface area contributed by atoms with Gasteiger partial charge in [0.15, 0.2) is 13.6 Å². The normalized spacial score (nSPS) is 11.1. The molecule has 0 spiro atoms. The Labute approximate surface area is 101 Å². The molecule has 14 heavy (non-hydrogen) atoms. The van der Waals surface area contributed by atoms with E-state index in [4.69, 9.17) is 18.5 Å². The Morgan fingerprint density at radius 2 is 1.36 bits per heavy atom. The minimum absolute atomic E-state index is 0.0260. The molecule has 0 aromatic rings. The highest BCUT2D eigenvalue weighted by atomic mass is 79.9. The van der Waals surface area contributed by atoms with Gasteiger partial charge in [-0.15, -0.1) is 0 Å². The third kappa shape index (κ3) is 11.1. The van der Waals surface area contributed by atoms with Crippen molar-refractivity contribution in [3.63, 3.8) is 0 Å². The first-order chi connectivity index (χ1) is 6.81. The van der Waals surface area contributed by atoms with Gasteiger partial charge < -0.3 is 9.47 Å².